The Morgan fingerprint density at radius 2 is 2.16 bits per heavy atom. The summed E-state index contributed by atoms with van der Waals surface area (Å²) in [5, 5.41) is 15.0. The number of ether oxygens (including phenoxy) is 1. The van der Waals surface area contributed by atoms with Gasteiger partial charge in [-0.15, -0.1) is 0 Å². The molecule has 0 aliphatic carbocycles. The maximum absolute atomic E-state index is 10.3. The molecule has 1 aliphatic heterocycles. The molecule has 0 radical (unpaired) electrons. The van der Waals surface area contributed by atoms with Crippen molar-refractivity contribution in [3.8, 4) is 0 Å². The fourth-order valence-corrected chi connectivity index (χ4v) is 2.96. The molecule has 19 heavy (non-hydrogen) atoms. The van der Waals surface area contributed by atoms with Crippen LogP contribution in [-0.2, 0) is 17.6 Å². The molecule has 4 nitrogen and oxygen atoms in total. The molecule has 1 aromatic heterocycles. The van der Waals surface area contributed by atoms with Crippen molar-refractivity contribution < 1.29 is 9.84 Å². The number of nitrogens with zero attached hydrogens (tertiary/aromatic N) is 2. The lowest BCUT2D eigenvalue weighted by atomic mass is 10.0. The minimum atomic E-state index is -0.386. The van der Waals surface area contributed by atoms with Gasteiger partial charge in [-0.05, 0) is 32.1 Å². The van der Waals surface area contributed by atoms with Crippen LogP contribution in [0.1, 0.15) is 69.1 Å². The summed E-state index contributed by atoms with van der Waals surface area (Å²) in [5.41, 5.74) is 3.32. The maximum Gasteiger partial charge on any atom is 0.0823 e. The van der Waals surface area contributed by atoms with E-state index in [2.05, 4.69) is 18.5 Å². The van der Waals surface area contributed by atoms with Gasteiger partial charge in [0.1, 0.15) is 0 Å². The van der Waals surface area contributed by atoms with Gasteiger partial charge in [0.25, 0.3) is 0 Å². The van der Waals surface area contributed by atoms with Crippen LogP contribution < -0.4 is 0 Å². The lowest BCUT2D eigenvalue weighted by Crippen LogP contribution is -2.24. The summed E-state index contributed by atoms with van der Waals surface area (Å²) in [7, 11) is 0. The minimum absolute atomic E-state index is 0.340. The average molecular weight is 266 g/mol. The molecule has 1 aromatic rings. The molecular weight excluding hydrogens is 240 g/mol. The number of hydrogen-bond acceptors (Lipinski definition) is 3. The van der Waals surface area contributed by atoms with Gasteiger partial charge in [0.05, 0.1) is 24.4 Å². The quantitative estimate of drug-likeness (QED) is 0.891. The smallest absolute Gasteiger partial charge is 0.0823 e. The van der Waals surface area contributed by atoms with Crippen molar-refractivity contribution in [1.29, 1.82) is 0 Å². The fourth-order valence-electron chi connectivity index (χ4n) is 2.96. The summed E-state index contributed by atoms with van der Waals surface area (Å²) in [4.78, 5) is 0. The van der Waals surface area contributed by atoms with E-state index >= 15 is 0 Å². The van der Waals surface area contributed by atoms with E-state index in [0.29, 0.717) is 6.04 Å². The normalized spacial score (nSPS) is 21.6. The Labute approximate surface area is 115 Å². The Balaban J connectivity index is 2.39. The molecule has 2 rings (SSSR count). The van der Waals surface area contributed by atoms with Gasteiger partial charge in [0.2, 0.25) is 0 Å². The standard InChI is InChI=1S/C15H26N2O2/c1-4-12-15(14(18)6-3)13(5-2)17(16-12)11-8-7-9-19-10-11/h11,14,18H,4-10H2,1-3H3. The van der Waals surface area contributed by atoms with E-state index in [1.54, 1.807) is 0 Å². The van der Waals surface area contributed by atoms with E-state index < -0.39 is 0 Å². The molecule has 1 saturated heterocycles. The second-order valence-corrected chi connectivity index (χ2v) is 5.25. The third-order valence-corrected chi connectivity index (χ3v) is 4.00. The summed E-state index contributed by atoms with van der Waals surface area (Å²) in [5.74, 6) is 0. The van der Waals surface area contributed by atoms with Crippen molar-refractivity contribution in [1.82, 2.24) is 9.78 Å². The van der Waals surface area contributed by atoms with Gasteiger partial charge in [-0.25, -0.2) is 0 Å². The van der Waals surface area contributed by atoms with Gasteiger partial charge in [0, 0.05) is 17.9 Å². The molecule has 2 atom stereocenters. The lowest BCUT2D eigenvalue weighted by Gasteiger charge is -2.24. The van der Waals surface area contributed by atoms with Crippen LogP contribution >= 0.6 is 0 Å². The molecule has 0 bridgehead atoms. The summed E-state index contributed by atoms with van der Waals surface area (Å²) < 4.78 is 7.71. The molecule has 0 aromatic carbocycles. The largest absolute Gasteiger partial charge is 0.388 e. The van der Waals surface area contributed by atoms with Crippen LogP contribution in [0.2, 0.25) is 0 Å². The van der Waals surface area contributed by atoms with Crippen LogP contribution in [0.5, 0.6) is 0 Å². The topological polar surface area (TPSA) is 47.3 Å². The first-order chi connectivity index (χ1) is 9.22. The van der Waals surface area contributed by atoms with E-state index in [1.165, 1.54) is 5.69 Å². The first-order valence-electron chi connectivity index (χ1n) is 7.58. The SMILES string of the molecule is CCc1nn(C2CCCOC2)c(CC)c1C(O)CC. The Morgan fingerprint density at radius 3 is 2.68 bits per heavy atom. The second-order valence-electron chi connectivity index (χ2n) is 5.25. The van der Waals surface area contributed by atoms with Gasteiger partial charge < -0.3 is 9.84 Å². The van der Waals surface area contributed by atoms with Gasteiger partial charge in [-0.1, -0.05) is 20.8 Å². The van der Waals surface area contributed by atoms with Crippen molar-refractivity contribution in [2.75, 3.05) is 13.2 Å². The van der Waals surface area contributed by atoms with Crippen molar-refractivity contribution in [2.24, 2.45) is 0 Å². The molecule has 1 aliphatic rings. The highest BCUT2D eigenvalue weighted by molar-refractivity contribution is 5.29. The van der Waals surface area contributed by atoms with Crippen molar-refractivity contribution in [2.45, 2.75) is 65.0 Å². The summed E-state index contributed by atoms with van der Waals surface area (Å²) in [6.07, 6.45) is 4.37. The predicted octanol–water partition coefficient (Wildman–Crippen LogP) is 2.80. The van der Waals surface area contributed by atoms with E-state index in [-0.39, 0.29) is 6.10 Å². The first-order valence-corrected chi connectivity index (χ1v) is 7.58. The molecular formula is C15H26N2O2. The van der Waals surface area contributed by atoms with Crippen molar-refractivity contribution in [3.05, 3.63) is 17.0 Å². The van der Waals surface area contributed by atoms with Gasteiger partial charge in [-0.3, -0.25) is 4.68 Å². The number of rotatable bonds is 5. The van der Waals surface area contributed by atoms with Crippen LogP contribution in [0.15, 0.2) is 0 Å². The lowest BCUT2D eigenvalue weighted by molar-refractivity contribution is 0.0536. The molecule has 1 fully saturated rings. The summed E-state index contributed by atoms with van der Waals surface area (Å²) in [6.45, 7) is 7.88. The third-order valence-electron chi connectivity index (χ3n) is 4.00. The summed E-state index contributed by atoms with van der Waals surface area (Å²) in [6, 6.07) is 0.340. The van der Waals surface area contributed by atoms with Crippen molar-refractivity contribution in [3.63, 3.8) is 0 Å². The average Bonchev–Trinajstić information content (AvgIpc) is 2.85. The van der Waals surface area contributed by atoms with E-state index in [9.17, 15) is 5.11 Å². The minimum Gasteiger partial charge on any atom is -0.388 e. The number of aromatic nitrogens is 2. The predicted molar refractivity (Wildman–Crippen MR) is 75.3 cm³/mol. The van der Waals surface area contributed by atoms with Crippen LogP contribution in [-0.4, -0.2) is 28.1 Å². The Morgan fingerprint density at radius 1 is 1.37 bits per heavy atom. The highest BCUT2D eigenvalue weighted by atomic mass is 16.5. The highest BCUT2D eigenvalue weighted by Crippen LogP contribution is 2.30. The number of aliphatic hydroxyl groups excluding tert-OH is 1. The Kier molecular flexibility index (Phi) is 4.99. The van der Waals surface area contributed by atoms with E-state index in [4.69, 9.17) is 9.84 Å². The second kappa shape index (κ2) is 6.53. The third kappa shape index (κ3) is 2.84. The van der Waals surface area contributed by atoms with E-state index in [1.807, 2.05) is 6.92 Å². The first kappa shape index (κ1) is 14.5. The zero-order valence-electron chi connectivity index (χ0n) is 12.4. The van der Waals surface area contributed by atoms with E-state index in [0.717, 1.165) is 56.6 Å². The molecule has 0 saturated carbocycles. The van der Waals surface area contributed by atoms with Crippen LogP contribution in [0.3, 0.4) is 0 Å². The van der Waals surface area contributed by atoms with Gasteiger partial charge in [0.15, 0.2) is 0 Å². The zero-order chi connectivity index (χ0) is 13.8. The molecule has 4 heteroatoms. The Bertz CT molecular complexity index is 409. The molecule has 0 spiro atoms. The van der Waals surface area contributed by atoms with Gasteiger partial charge >= 0.3 is 0 Å². The molecule has 108 valence electrons. The monoisotopic (exact) mass is 266 g/mol. The fraction of sp³-hybridized carbons (Fsp3) is 0.800. The zero-order valence-corrected chi connectivity index (χ0v) is 12.4. The Hall–Kier alpha value is -0.870. The molecule has 1 N–H and O–H groups in total. The summed E-state index contributed by atoms with van der Waals surface area (Å²) >= 11 is 0. The number of aryl methyl sites for hydroxylation is 1. The molecule has 0 amide bonds. The van der Waals surface area contributed by atoms with Crippen molar-refractivity contribution >= 4 is 0 Å². The van der Waals surface area contributed by atoms with Crippen LogP contribution in [0.25, 0.3) is 0 Å². The van der Waals surface area contributed by atoms with Gasteiger partial charge in [-0.2, -0.15) is 5.10 Å². The van der Waals surface area contributed by atoms with Crippen LogP contribution in [0, 0.1) is 0 Å². The maximum atomic E-state index is 10.3. The number of hydrogen-bond donors (Lipinski definition) is 1. The highest BCUT2D eigenvalue weighted by Gasteiger charge is 2.25. The number of aliphatic hydroxyl groups is 1. The van der Waals surface area contributed by atoms with Crippen LogP contribution in [0.4, 0.5) is 0 Å². The molecule has 2 unspecified atom stereocenters. The molecule has 2 heterocycles.